The molecular weight excluding hydrogens is 244 g/mol. The first-order chi connectivity index (χ1) is 9.01. The number of rotatable bonds is 3. The summed E-state index contributed by atoms with van der Waals surface area (Å²) < 4.78 is 10.0. The number of hydrogen-bond donors (Lipinski definition) is 1. The lowest BCUT2D eigenvalue weighted by atomic mass is 10.1. The van der Waals surface area contributed by atoms with E-state index in [1.54, 1.807) is 12.1 Å². The first-order valence-electron chi connectivity index (χ1n) is 5.98. The van der Waals surface area contributed by atoms with E-state index < -0.39 is 5.63 Å². The Kier molecular flexibility index (Phi) is 3.60. The molecule has 0 radical (unpaired) electrons. The normalized spacial score (nSPS) is 10.5. The average molecular weight is 260 g/mol. The largest absolute Gasteiger partial charge is 0.508 e. The molecule has 1 aromatic heterocycles. The van der Waals surface area contributed by atoms with Crippen molar-refractivity contribution in [3.63, 3.8) is 0 Å². The summed E-state index contributed by atoms with van der Waals surface area (Å²) in [6.45, 7) is 4.00. The van der Waals surface area contributed by atoms with Crippen molar-refractivity contribution in [2.75, 3.05) is 7.11 Å². The highest BCUT2D eigenvalue weighted by molar-refractivity contribution is 5.80. The van der Waals surface area contributed by atoms with Gasteiger partial charge in [0.2, 0.25) is 5.75 Å². The van der Waals surface area contributed by atoms with E-state index in [9.17, 15) is 9.90 Å². The van der Waals surface area contributed by atoms with Crippen LogP contribution in [0, 0.1) is 0 Å². The van der Waals surface area contributed by atoms with Crippen LogP contribution >= 0.6 is 0 Å². The van der Waals surface area contributed by atoms with E-state index in [-0.39, 0.29) is 11.5 Å². The summed E-state index contributed by atoms with van der Waals surface area (Å²) in [6.07, 6.45) is 2.66. The number of aromatic hydroxyl groups is 1. The molecule has 19 heavy (non-hydrogen) atoms. The van der Waals surface area contributed by atoms with Crippen LogP contribution in [-0.2, 0) is 6.42 Å². The van der Waals surface area contributed by atoms with Gasteiger partial charge in [0.1, 0.15) is 11.3 Å². The molecule has 0 aliphatic carbocycles. The van der Waals surface area contributed by atoms with Gasteiger partial charge in [-0.15, -0.1) is 0 Å². The summed E-state index contributed by atoms with van der Waals surface area (Å²) in [7, 11) is 1.42. The van der Waals surface area contributed by atoms with E-state index in [2.05, 4.69) is 0 Å². The first-order valence-corrected chi connectivity index (χ1v) is 5.98. The highest BCUT2D eigenvalue weighted by Gasteiger charge is 2.09. The van der Waals surface area contributed by atoms with Gasteiger partial charge in [-0.1, -0.05) is 11.6 Å². The second-order valence-corrected chi connectivity index (χ2v) is 4.61. The van der Waals surface area contributed by atoms with Gasteiger partial charge in [-0.2, -0.15) is 0 Å². The van der Waals surface area contributed by atoms with E-state index in [1.807, 2.05) is 19.9 Å². The fraction of sp³-hybridized carbons (Fsp3) is 0.267. The Morgan fingerprint density at radius 3 is 2.74 bits per heavy atom. The molecule has 100 valence electrons. The molecule has 0 spiro atoms. The Hall–Kier alpha value is -2.23. The molecule has 1 N–H and O–H groups in total. The van der Waals surface area contributed by atoms with Gasteiger partial charge in [0, 0.05) is 11.5 Å². The molecule has 0 atom stereocenters. The third-order valence-corrected chi connectivity index (χ3v) is 2.85. The molecule has 1 aromatic carbocycles. The average Bonchev–Trinajstić information content (AvgIpc) is 2.35. The molecular formula is C15H16O4. The maximum absolute atomic E-state index is 11.5. The van der Waals surface area contributed by atoms with Crippen LogP contribution in [-0.4, -0.2) is 12.2 Å². The van der Waals surface area contributed by atoms with Gasteiger partial charge < -0.3 is 14.3 Å². The molecule has 0 aliphatic heterocycles. The zero-order valence-electron chi connectivity index (χ0n) is 11.2. The molecule has 0 saturated carbocycles. The van der Waals surface area contributed by atoms with Crippen molar-refractivity contribution >= 4 is 11.0 Å². The summed E-state index contributed by atoms with van der Waals surface area (Å²) in [6, 6.07) is 4.88. The number of phenolic OH excluding ortho intramolecular Hbond substituents is 1. The number of ether oxygens (including phenoxy) is 1. The van der Waals surface area contributed by atoms with Gasteiger partial charge in [-0.3, -0.25) is 0 Å². The Bertz CT molecular complexity index is 691. The Balaban J connectivity index is 2.57. The van der Waals surface area contributed by atoms with Crippen LogP contribution in [0.1, 0.15) is 19.4 Å². The van der Waals surface area contributed by atoms with E-state index >= 15 is 0 Å². The van der Waals surface area contributed by atoms with Crippen LogP contribution in [0.5, 0.6) is 11.5 Å². The quantitative estimate of drug-likeness (QED) is 0.680. The van der Waals surface area contributed by atoms with Crippen LogP contribution in [0.25, 0.3) is 11.0 Å². The Morgan fingerprint density at radius 1 is 1.37 bits per heavy atom. The lowest BCUT2D eigenvalue weighted by molar-refractivity contribution is 0.385. The van der Waals surface area contributed by atoms with Crippen LogP contribution in [0.4, 0.5) is 0 Å². The van der Waals surface area contributed by atoms with Crippen molar-refractivity contribution in [2.24, 2.45) is 0 Å². The smallest absolute Gasteiger partial charge is 0.379 e. The van der Waals surface area contributed by atoms with Crippen molar-refractivity contribution in [3.05, 3.63) is 45.8 Å². The summed E-state index contributed by atoms with van der Waals surface area (Å²) in [5.41, 5.74) is 1.76. The molecule has 0 aliphatic rings. The zero-order valence-corrected chi connectivity index (χ0v) is 11.2. The molecule has 0 unspecified atom stereocenters. The monoisotopic (exact) mass is 260 g/mol. The minimum absolute atomic E-state index is 0.123. The van der Waals surface area contributed by atoms with Crippen molar-refractivity contribution < 1.29 is 14.3 Å². The number of hydrogen-bond acceptors (Lipinski definition) is 4. The van der Waals surface area contributed by atoms with Gasteiger partial charge in [0.05, 0.1) is 7.11 Å². The molecule has 0 saturated heterocycles. The second kappa shape index (κ2) is 5.18. The maximum atomic E-state index is 11.5. The molecule has 0 fully saturated rings. The van der Waals surface area contributed by atoms with Gasteiger partial charge in [-0.25, -0.2) is 4.79 Å². The van der Waals surface area contributed by atoms with Crippen molar-refractivity contribution in [2.45, 2.75) is 20.3 Å². The number of methoxy groups -OCH3 is 1. The zero-order chi connectivity index (χ0) is 14.0. The number of benzene rings is 1. The summed E-state index contributed by atoms with van der Waals surface area (Å²) >= 11 is 0. The van der Waals surface area contributed by atoms with Crippen molar-refractivity contribution in [3.8, 4) is 11.5 Å². The molecule has 4 nitrogen and oxygen atoms in total. The molecule has 2 rings (SSSR count). The van der Waals surface area contributed by atoms with Crippen LogP contribution < -0.4 is 10.4 Å². The van der Waals surface area contributed by atoms with E-state index in [0.717, 1.165) is 10.9 Å². The summed E-state index contributed by atoms with van der Waals surface area (Å²) in [4.78, 5) is 11.5. The molecule has 1 heterocycles. The minimum Gasteiger partial charge on any atom is -0.508 e. The van der Waals surface area contributed by atoms with E-state index in [0.29, 0.717) is 12.0 Å². The lowest BCUT2D eigenvalue weighted by Crippen LogP contribution is -2.03. The first kappa shape index (κ1) is 13.2. The number of phenols is 1. The fourth-order valence-electron chi connectivity index (χ4n) is 1.80. The van der Waals surface area contributed by atoms with Crippen LogP contribution in [0.2, 0.25) is 0 Å². The maximum Gasteiger partial charge on any atom is 0.379 e. The van der Waals surface area contributed by atoms with Gasteiger partial charge >= 0.3 is 5.63 Å². The topological polar surface area (TPSA) is 59.7 Å². The lowest BCUT2D eigenvalue weighted by Gasteiger charge is -2.06. The minimum atomic E-state index is -0.550. The highest BCUT2D eigenvalue weighted by Crippen LogP contribution is 2.26. The highest BCUT2D eigenvalue weighted by atomic mass is 16.5. The number of allylic oxidation sites excluding steroid dienone is 2. The predicted molar refractivity (Wildman–Crippen MR) is 73.8 cm³/mol. The Morgan fingerprint density at radius 2 is 2.11 bits per heavy atom. The Labute approximate surface area is 110 Å². The second-order valence-electron chi connectivity index (χ2n) is 4.61. The third kappa shape index (κ3) is 2.78. The van der Waals surface area contributed by atoms with Crippen LogP contribution in [0.15, 0.2) is 39.1 Å². The standard InChI is InChI=1S/C15H16O4/c1-9(2)4-5-10-6-11-7-14(18-3)15(17)19-13(11)8-12(10)16/h4,6-8,16H,5H2,1-3H3. The SMILES string of the molecule is COc1cc2cc(CC=C(C)C)c(O)cc2oc1=O. The van der Waals surface area contributed by atoms with Crippen LogP contribution in [0.3, 0.4) is 0 Å². The predicted octanol–water partition coefficient (Wildman–Crippen LogP) is 3.02. The molecule has 4 heteroatoms. The summed E-state index contributed by atoms with van der Waals surface area (Å²) in [5, 5.41) is 10.6. The molecule has 0 bridgehead atoms. The number of fused-ring (bicyclic) bond motifs is 1. The van der Waals surface area contributed by atoms with Gasteiger partial charge in [0.15, 0.2) is 0 Å². The van der Waals surface area contributed by atoms with Gasteiger partial charge in [0.25, 0.3) is 0 Å². The van der Waals surface area contributed by atoms with Crippen molar-refractivity contribution in [1.29, 1.82) is 0 Å². The fourth-order valence-corrected chi connectivity index (χ4v) is 1.80. The summed E-state index contributed by atoms with van der Waals surface area (Å²) in [5.74, 6) is 0.282. The van der Waals surface area contributed by atoms with Crippen molar-refractivity contribution in [1.82, 2.24) is 0 Å². The van der Waals surface area contributed by atoms with E-state index in [4.69, 9.17) is 9.15 Å². The van der Waals surface area contributed by atoms with E-state index in [1.165, 1.54) is 18.7 Å². The molecule has 0 amide bonds. The van der Waals surface area contributed by atoms with Gasteiger partial charge in [-0.05, 0) is 38.0 Å². The third-order valence-electron chi connectivity index (χ3n) is 2.85. The molecule has 2 aromatic rings.